The van der Waals surface area contributed by atoms with Crippen molar-refractivity contribution in [3.8, 4) is 11.1 Å². The first kappa shape index (κ1) is 13.8. The van der Waals surface area contributed by atoms with Gasteiger partial charge in [-0.05, 0) is 12.5 Å². The zero-order valence-corrected chi connectivity index (χ0v) is 12.7. The van der Waals surface area contributed by atoms with E-state index in [0.717, 1.165) is 35.4 Å². The Balaban J connectivity index is 2.25. The van der Waals surface area contributed by atoms with E-state index in [2.05, 4.69) is 27.3 Å². The van der Waals surface area contributed by atoms with Crippen LogP contribution < -0.4 is 5.32 Å². The van der Waals surface area contributed by atoms with E-state index in [1.54, 1.807) is 10.7 Å². The molecule has 2 heterocycles. The monoisotopic (exact) mass is 301 g/mol. The van der Waals surface area contributed by atoms with Gasteiger partial charge < -0.3 is 5.32 Å². The normalized spacial score (nSPS) is 11.0. The number of hydrogen-bond donors (Lipinski definition) is 1. The molecule has 0 fully saturated rings. The zero-order chi connectivity index (χ0) is 14.8. The first-order valence-corrected chi connectivity index (χ1v) is 7.29. The number of nitrogens with one attached hydrogen (secondary N) is 1. The second-order valence-electron chi connectivity index (χ2n) is 4.74. The number of aromatic nitrogens is 4. The van der Waals surface area contributed by atoms with Gasteiger partial charge in [0.25, 0.3) is 0 Å². The Labute approximate surface area is 128 Å². The highest BCUT2D eigenvalue weighted by molar-refractivity contribution is 6.33. The summed E-state index contributed by atoms with van der Waals surface area (Å²) in [6.45, 7) is 2.11. The maximum Gasteiger partial charge on any atom is 0.227 e. The van der Waals surface area contributed by atoms with E-state index in [1.807, 2.05) is 31.3 Å². The fraction of sp³-hybridized carbons (Fsp3) is 0.267. The topological polar surface area (TPSA) is 55.1 Å². The van der Waals surface area contributed by atoms with Crippen LogP contribution in [0.3, 0.4) is 0 Å². The summed E-state index contributed by atoms with van der Waals surface area (Å²) in [7, 11) is 1.83. The molecule has 0 atom stereocenters. The summed E-state index contributed by atoms with van der Waals surface area (Å²) < 4.78 is 1.71. The smallest absolute Gasteiger partial charge is 0.227 e. The van der Waals surface area contributed by atoms with Crippen LogP contribution in [-0.2, 0) is 6.42 Å². The van der Waals surface area contributed by atoms with E-state index in [4.69, 9.17) is 11.6 Å². The van der Waals surface area contributed by atoms with Gasteiger partial charge in [0.15, 0.2) is 5.65 Å². The molecular weight excluding hydrogens is 286 g/mol. The number of aryl methyl sites for hydroxylation is 1. The van der Waals surface area contributed by atoms with Gasteiger partial charge in [-0.15, -0.1) is 0 Å². The Hall–Kier alpha value is -2.14. The van der Waals surface area contributed by atoms with Crippen molar-refractivity contribution in [3.05, 3.63) is 41.3 Å². The summed E-state index contributed by atoms with van der Waals surface area (Å²) in [6, 6.07) is 7.71. The van der Waals surface area contributed by atoms with Crippen LogP contribution in [0.1, 0.15) is 19.2 Å². The molecule has 0 radical (unpaired) electrons. The summed E-state index contributed by atoms with van der Waals surface area (Å²) in [5.41, 5.74) is 2.61. The van der Waals surface area contributed by atoms with Crippen LogP contribution in [0.4, 0.5) is 5.95 Å². The second-order valence-corrected chi connectivity index (χ2v) is 5.14. The molecule has 0 amide bonds. The van der Waals surface area contributed by atoms with Gasteiger partial charge in [0.05, 0.1) is 6.20 Å². The van der Waals surface area contributed by atoms with Crippen molar-refractivity contribution in [1.29, 1.82) is 0 Å². The van der Waals surface area contributed by atoms with E-state index in [1.165, 1.54) is 0 Å². The minimum absolute atomic E-state index is 0.682. The van der Waals surface area contributed by atoms with Gasteiger partial charge in [-0.2, -0.15) is 14.6 Å². The Morgan fingerprint density at radius 2 is 2.00 bits per heavy atom. The molecule has 3 rings (SSSR count). The maximum absolute atomic E-state index is 6.29. The molecule has 2 aromatic heterocycles. The molecule has 0 unspecified atom stereocenters. The number of anilines is 1. The third-order valence-electron chi connectivity index (χ3n) is 3.28. The molecule has 6 heteroatoms. The maximum atomic E-state index is 6.29. The molecule has 3 aromatic rings. The van der Waals surface area contributed by atoms with E-state index >= 15 is 0 Å². The van der Waals surface area contributed by atoms with Crippen molar-refractivity contribution < 1.29 is 0 Å². The van der Waals surface area contributed by atoms with Crippen molar-refractivity contribution in [2.24, 2.45) is 0 Å². The van der Waals surface area contributed by atoms with Crippen LogP contribution in [0, 0.1) is 0 Å². The Bertz CT molecular complexity index is 781. The predicted molar refractivity (Wildman–Crippen MR) is 84.8 cm³/mol. The molecule has 21 heavy (non-hydrogen) atoms. The summed E-state index contributed by atoms with van der Waals surface area (Å²) in [5.74, 6) is 1.49. The van der Waals surface area contributed by atoms with Crippen molar-refractivity contribution >= 4 is 23.2 Å². The number of benzene rings is 1. The highest BCUT2D eigenvalue weighted by Gasteiger charge is 2.15. The Morgan fingerprint density at radius 1 is 1.19 bits per heavy atom. The lowest BCUT2D eigenvalue weighted by atomic mass is 10.1. The fourth-order valence-electron chi connectivity index (χ4n) is 2.29. The lowest BCUT2D eigenvalue weighted by molar-refractivity contribution is 0.801. The minimum Gasteiger partial charge on any atom is -0.357 e. The molecule has 0 aliphatic heterocycles. The van der Waals surface area contributed by atoms with Crippen LogP contribution in [0.2, 0.25) is 5.02 Å². The molecule has 1 N–H and O–H groups in total. The van der Waals surface area contributed by atoms with Crippen LogP contribution in [0.25, 0.3) is 16.8 Å². The predicted octanol–water partition coefficient (Wildman–Crippen LogP) is 3.44. The van der Waals surface area contributed by atoms with E-state index in [0.29, 0.717) is 11.0 Å². The summed E-state index contributed by atoms with van der Waals surface area (Å²) in [5, 5.41) is 8.13. The second kappa shape index (κ2) is 5.69. The van der Waals surface area contributed by atoms with Crippen molar-refractivity contribution in [3.63, 3.8) is 0 Å². The average Bonchev–Trinajstić information content (AvgIpc) is 2.91. The third-order valence-corrected chi connectivity index (χ3v) is 3.61. The Kier molecular flexibility index (Phi) is 3.75. The van der Waals surface area contributed by atoms with Crippen molar-refractivity contribution in [1.82, 2.24) is 19.6 Å². The van der Waals surface area contributed by atoms with Crippen molar-refractivity contribution in [2.75, 3.05) is 12.4 Å². The van der Waals surface area contributed by atoms with Crippen molar-refractivity contribution in [2.45, 2.75) is 19.8 Å². The Morgan fingerprint density at radius 3 is 2.71 bits per heavy atom. The van der Waals surface area contributed by atoms with Gasteiger partial charge in [-0.1, -0.05) is 36.7 Å². The SMILES string of the molecule is CCCc1nc(NC)n2ncc(-c3ccccc3Cl)c2n1. The lowest BCUT2D eigenvalue weighted by Gasteiger charge is -2.07. The molecule has 0 aliphatic rings. The van der Waals surface area contributed by atoms with Crippen LogP contribution in [0.15, 0.2) is 30.5 Å². The summed E-state index contributed by atoms with van der Waals surface area (Å²) >= 11 is 6.29. The van der Waals surface area contributed by atoms with Gasteiger partial charge in [0.2, 0.25) is 5.95 Å². The minimum atomic E-state index is 0.682. The fourth-order valence-corrected chi connectivity index (χ4v) is 2.53. The molecular formula is C15H16ClN5. The molecule has 0 bridgehead atoms. The summed E-state index contributed by atoms with van der Waals surface area (Å²) in [4.78, 5) is 9.13. The van der Waals surface area contributed by atoms with E-state index in [9.17, 15) is 0 Å². The molecule has 0 spiro atoms. The number of fused-ring (bicyclic) bond motifs is 1. The first-order valence-electron chi connectivity index (χ1n) is 6.92. The number of rotatable bonds is 4. The van der Waals surface area contributed by atoms with Gasteiger partial charge in [0, 0.05) is 29.6 Å². The van der Waals surface area contributed by atoms with Gasteiger partial charge in [0.1, 0.15) is 5.82 Å². The quantitative estimate of drug-likeness (QED) is 0.802. The number of halogens is 1. The van der Waals surface area contributed by atoms with Gasteiger partial charge in [-0.3, -0.25) is 0 Å². The molecule has 108 valence electrons. The number of hydrogen-bond acceptors (Lipinski definition) is 4. The molecule has 0 saturated carbocycles. The highest BCUT2D eigenvalue weighted by atomic mass is 35.5. The van der Waals surface area contributed by atoms with Crippen LogP contribution >= 0.6 is 11.6 Å². The first-order chi connectivity index (χ1) is 10.2. The zero-order valence-electron chi connectivity index (χ0n) is 12.0. The van der Waals surface area contributed by atoms with Gasteiger partial charge in [-0.25, -0.2) is 4.98 Å². The number of nitrogens with zero attached hydrogens (tertiary/aromatic N) is 4. The van der Waals surface area contributed by atoms with E-state index < -0.39 is 0 Å². The average molecular weight is 302 g/mol. The standard InChI is InChI=1S/C15H16ClN5/c1-3-6-13-19-14-11(10-7-4-5-8-12(10)16)9-18-21(14)15(17-2)20-13/h4-5,7-9H,3,6H2,1-2H3,(H,17,19,20). The van der Waals surface area contributed by atoms with Crippen LogP contribution in [0.5, 0.6) is 0 Å². The third kappa shape index (κ3) is 2.45. The molecule has 5 nitrogen and oxygen atoms in total. The lowest BCUT2D eigenvalue weighted by Crippen LogP contribution is -2.07. The van der Waals surface area contributed by atoms with Gasteiger partial charge >= 0.3 is 0 Å². The highest BCUT2D eigenvalue weighted by Crippen LogP contribution is 2.30. The van der Waals surface area contributed by atoms with E-state index in [-0.39, 0.29) is 0 Å². The molecule has 0 saturated heterocycles. The summed E-state index contributed by atoms with van der Waals surface area (Å²) in [6.07, 6.45) is 3.61. The molecule has 0 aliphatic carbocycles. The largest absolute Gasteiger partial charge is 0.357 e. The molecule has 1 aromatic carbocycles. The van der Waals surface area contributed by atoms with Crippen LogP contribution in [-0.4, -0.2) is 26.6 Å².